The molecule has 0 saturated carbocycles. The predicted octanol–water partition coefficient (Wildman–Crippen LogP) is 4.29. The first-order chi connectivity index (χ1) is 12.1. The summed E-state index contributed by atoms with van der Waals surface area (Å²) in [5.41, 5.74) is 0.698. The largest absolute Gasteiger partial charge is 0.330 e. The molecule has 0 fully saturated rings. The van der Waals surface area contributed by atoms with Crippen molar-refractivity contribution < 1.29 is 13.6 Å². The van der Waals surface area contributed by atoms with Crippen LogP contribution in [-0.2, 0) is 4.79 Å². The SMILES string of the molecule is O=C(CSc1nnc(Nc2cccc(F)c2)s1)Nc1ccccc1F. The molecule has 1 amide bonds. The number of nitrogens with zero attached hydrogens (tertiary/aromatic N) is 2. The van der Waals surface area contributed by atoms with E-state index in [-0.39, 0.29) is 23.2 Å². The molecule has 3 aromatic rings. The summed E-state index contributed by atoms with van der Waals surface area (Å²) < 4.78 is 27.2. The van der Waals surface area contributed by atoms with Gasteiger partial charge >= 0.3 is 0 Å². The zero-order valence-electron chi connectivity index (χ0n) is 12.7. The van der Waals surface area contributed by atoms with E-state index in [1.165, 1.54) is 47.4 Å². The predicted molar refractivity (Wildman–Crippen MR) is 95.3 cm³/mol. The molecule has 2 N–H and O–H groups in total. The van der Waals surface area contributed by atoms with Crippen LogP contribution in [0.5, 0.6) is 0 Å². The lowest BCUT2D eigenvalue weighted by Crippen LogP contribution is -2.14. The standard InChI is InChI=1S/C16H12F2N4OS2/c17-10-4-3-5-11(8-10)19-15-21-22-16(25-15)24-9-14(23)20-13-7-2-1-6-12(13)18/h1-8H,9H2,(H,19,21)(H,20,23). The Balaban J connectivity index is 1.53. The zero-order valence-corrected chi connectivity index (χ0v) is 14.3. The molecule has 1 heterocycles. The van der Waals surface area contributed by atoms with E-state index in [0.717, 1.165) is 0 Å². The van der Waals surface area contributed by atoms with Gasteiger partial charge in [-0.15, -0.1) is 10.2 Å². The van der Waals surface area contributed by atoms with Crippen molar-refractivity contribution in [3.8, 4) is 0 Å². The van der Waals surface area contributed by atoms with Gasteiger partial charge in [0.25, 0.3) is 0 Å². The van der Waals surface area contributed by atoms with Gasteiger partial charge in [-0.25, -0.2) is 8.78 Å². The highest BCUT2D eigenvalue weighted by atomic mass is 32.2. The zero-order chi connectivity index (χ0) is 17.6. The Morgan fingerprint density at radius 2 is 1.96 bits per heavy atom. The first-order valence-electron chi connectivity index (χ1n) is 7.13. The number of benzene rings is 2. The van der Waals surface area contributed by atoms with Gasteiger partial charge in [-0.2, -0.15) is 0 Å². The van der Waals surface area contributed by atoms with Gasteiger partial charge in [-0.05, 0) is 30.3 Å². The van der Waals surface area contributed by atoms with E-state index in [4.69, 9.17) is 0 Å². The van der Waals surface area contributed by atoms with Gasteiger partial charge in [0.2, 0.25) is 11.0 Å². The molecule has 1 aromatic heterocycles. The first kappa shape index (κ1) is 17.3. The molecule has 9 heteroatoms. The quantitative estimate of drug-likeness (QED) is 0.627. The fourth-order valence-electron chi connectivity index (χ4n) is 1.88. The number of anilines is 3. The fraction of sp³-hybridized carbons (Fsp3) is 0.0625. The Morgan fingerprint density at radius 3 is 2.76 bits per heavy atom. The minimum atomic E-state index is -0.488. The molecule has 0 aliphatic rings. The summed E-state index contributed by atoms with van der Waals surface area (Å²) in [5.74, 6) is -1.11. The molecule has 2 aromatic carbocycles. The van der Waals surface area contributed by atoms with Crippen molar-refractivity contribution in [1.82, 2.24) is 10.2 Å². The van der Waals surface area contributed by atoms with Crippen molar-refractivity contribution in [3.63, 3.8) is 0 Å². The number of aromatic nitrogens is 2. The van der Waals surface area contributed by atoms with Crippen LogP contribution < -0.4 is 10.6 Å². The van der Waals surface area contributed by atoms with Crippen LogP contribution in [0.1, 0.15) is 0 Å². The molecule has 5 nitrogen and oxygen atoms in total. The number of para-hydroxylation sites is 1. The molecular weight excluding hydrogens is 366 g/mol. The Kier molecular flexibility index (Phi) is 5.56. The van der Waals surface area contributed by atoms with Crippen LogP contribution in [0.3, 0.4) is 0 Å². The first-order valence-corrected chi connectivity index (χ1v) is 8.93. The van der Waals surface area contributed by atoms with Gasteiger partial charge in [-0.1, -0.05) is 41.3 Å². The van der Waals surface area contributed by atoms with Crippen LogP contribution in [0.4, 0.5) is 25.3 Å². The summed E-state index contributed by atoms with van der Waals surface area (Å²) in [5, 5.41) is 13.8. The normalized spacial score (nSPS) is 10.5. The molecule has 0 bridgehead atoms. The maximum absolute atomic E-state index is 13.5. The molecule has 0 atom stereocenters. The van der Waals surface area contributed by atoms with E-state index in [0.29, 0.717) is 15.2 Å². The van der Waals surface area contributed by atoms with Gasteiger partial charge in [-0.3, -0.25) is 4.79 Å². The molecule has 25 heavy (non-hydrogen) atoms. The van der Waals surface area contributed by atoms with Crippen LogP contribution in [0.25, 0.3) is 0 Å². The van der Waals surface area contributed by atoms with Crippen molar-refractivity contribution in [1.29, 1.82) is 0 Å². The Bertz CT molecular complexity index is 888. The molecule has 0 spiro atoms. The van der Waals surface area contributed by atoms with Gasteiger partial charge in [0.15, 0.2) is 4.34 Å². The maximum atomic E-state index is 13.5. The van der Waals surface area contributed by atoms with Crippen molar-refractivity contribution in [2.45, 2.75) is 4.34 Å². The number of rotatable bonds is 6. The summed E-state index contributed by atoms with van der Waals surface area (Å²) in [7, 11) is 0. The van der Waals surface area contributed by atoms with Crippen molar-refractivity contribution in [2.24, 2.45) is 0 Å². The Hall–Kier alpha value is -2.52. The molecular formula is C16H12F2N4OS2. The number of carbonyl (C=O) groups is 1. The van der Waals surface area contributed by atoms with E-state index in [2.05, 4.69) is 20.8 Å². The number of hydrogen-bond acceptors (Lipinski definition) is 6. The molecule has 0 aliphatic heterocycles. The number of nitrogens with one attached hydrogen (secondary N) is 2. The van der Waals surface area contributed by atoms with E-state index in [1.54, 1.807) is 24.3 Å². The van der Waals surface area contributed by atoms with Gasteiger partial charge in [0, 0.05) is 5.69 Å². The van der Waals surface area contributed by atoms with Gasteiger partial charge in [0.1, 0.15) is 11.6 Å². The maximum Gasteiger partial charge on any atom is 0.234 e. The smallest absolute Gasteiger partial charge is 0.234 e. The molecule has 0 saturated heterocycles. The van der Waals surface area contributed by atoms with Crippen LogP contribution >= 0.6 is 23.1 Å². The molecule has 0 unspecified atom stereocenters. The van der Waals surface area contributed by atoms with Crippen LogP contribution in [0, 0.1) is 11.6 Å². The van der Waals surface area contributed by atoms with Crippen LogP contribution in [0.15, 0.2) is 52.9 Å². The third-order valence-corrected chi connectivity index (χ3v) is 4.93. The number of thioether (sulfide) groups is 1. The van der Waals surface area contributed by atoms with Crippen LogP contribution in [-0.4, -0.2) is 21.9 Å². The number of carbonyl (C=O) groups excluding carboxylic acids is 1. The average molecular weight is 378 g/mol. The van der Waals surface area contributed by atoms with E-state index in [1.807, 2.05) is 0 Å². The molecule has 128 valence electrons. The number of halogens is 2. The highest BCUT2D eigenvalue weighted by Crippen LogP contribution is 2.28. The Labute approximate surface area is 150 Å². The lowest BCUT2D eigenvalue weighted by molar-refractivity contribution is -0.113. The number of hydrogen-bond donors (Lipinski definition) is 2. The van der Waals surface area contributed by atoms with Gasteiger partial charge < -0.3 is 10.6 Å². The molecule has 0 aliphatic carbocycles. The second kappa shape index (κ2) is 8.04. The van der Waals surface area contributed by atoms with Crippen LogP contribution in [0.2, 0.25) is 0 Å². The summed E-state index contributed by atoms with van der Waals surface area (Å²) in [6.45, 7) is 0. The van der Waals surface area contributed by atoms with Crippen molar-refractivity contribution in [3.05, 3.63) is 60.2 Å². The minimum Gasteiger partial charge on any atom is -0.330 e. The van der Waals surface area contributed by atoms with E-state index in [9.17, 15) is 13.6 Å². The lowest BCUT2D eigenvalue weighted by Gasteiger charge is -2.04. The molecule has 3 rings (SSSR count). The van der Waals surface area contributed by atoms with Crippen molar-refractivity contribution in [2.75, 3.05) is 16.4 Å². The fourth-order valence-corrected chi connectivity index (χ4v) is 3.46. The highest BCUT2D eigenvalue weighted by molar-refractivity contribution is 8.01. The molecule has 0 radical (unpaired) electrons. The third-order valence-electron chi connectivity index (χ3n) is 2.96. The Morgan fingerprint density at radius 1 is 1.12 bits per heavy atom. The minimum absolute atomic E-state index is 0.0724. The second-order valence-corrected chi connectivity index (χ2v) is 7.03. The number of amides is 1. The van der Waals surface area contributed by atoms with E-state index < -0.39 is 5.82 Å². The second-order valence-electron chi connectivity index (χ2n) is 4.83. The average Bonchev–Trinajstić information content (AvgIpc) is 3.03. The summed E-state index contributed by atoms with van der Waals surface area (Å²) >= 11 is 2.42. The summed E-state index contributed by atoms with van der Waals surface area (Å²) in [4.78, 5) is 11.9. The monoisotopic (exact) mass is 378 g/mol. The van der Waals surface area contributed by atoms with Gasteiger partial charge in [0.05, 0.1) is 11.4 Å². The summed E-state index contributed by atoms with van der Waals surface area (Å²) in [6.07, 6.45) is 0. The lowest BCUT2D eigenvalue weighted by atomic mass is 10.3. The highest BCUT2D eigenvalue weighted by Gasteiger charge is 2.10. The van der Waals surface area contributed by atoms with E-state index >= 15 is 0 Å². The summed E-state index contributed by atoms with van der Waals surface area (Å²) in [6, 6.07) is 11.9. The third kappa shape index (κ3) is 4.97. The van der Waals surface area contributed by atoms with Crippen molar-refractivity contribution >= 4 is 45.5 Å². The topological polar surface area (TPSA) is 66.9 Å².